The Kier molecular flexibility index (Phi) is 4.56. The van der Waals surface area contributed by atoms with Crippen molar-refractivity contribution in [3.05, 3.63) is 24.3 Å². The number of methoxy groups -OCH3 is 1. The minimum absolute atomic E-state index is 0.341. The van der Waals surface area contributed by atoms with Gasteiger partial charge in [-0.25, -0.2) is 8.42 Å². The third kappa shape index (κ3) is 3.48. The maximum absolute atomic E-state index is 12.3. The maximum Gasteiger partial charge on any atom is 0.156 e. The van der Waals surface area contributed by atoms with Gasteiger partial charge in [0, 0.05) is 12.5 Å². The van der Waals surface area contributed by atoms with Crippen LogP contribution in [-0.2, 0) is 9.84 Å². The average molecular weight is 340 g/mol. The zero-order valence-corrected chi connectivity index (χ0v) is 14.2. The lowest BCUT2D eigenvalue weighted by atomic mass is 9.83. The summed E-state index contributed by atoms with van der Waals surface area (Å²) in [5.41, 5.74) is -0.931. The summed E-state index contributed by atoms with van der Waals surface area (Å²) < 4.78 is 35.4. The van der Waals surface area contributed by atoms with E-state index in [0.29, 0.717) is 44.5 Å². The van der Waals surface area contributed by atoms with Crippen LogP contribution >= 0.6 is 0 Å². The second-order valence-corrected chi connectivity index (χ2v) is 9.19. The molecule has 2 saturated heterocycles. The predicted molar refractivity (Wildman–Crippen MR) is 87.6 cm³/mol. The number of ether oxygens (including phenoxy) is 2. The van der Waals surface area contributed by atoms with E-state index in [4.69, 9.17) is 9.47 Å². The van der Waals surface area contributed by atoms with Gasteiger partial charge in [0.05, 0.1) is 29.8 Å². The molecule has 2 aliphatic heterocycles. The van der Waals surface area contributed by atoms with Crippen LogP contribution in [0.3, 0.4) is 0 Å². The van der Waals surface area contributed by atoms with Crippen LogP contribution in [0.4, 0.5) is 0 Å². The number of rotatable bonds is 5. The Balaban J connectivity index is 1.60. The Bertz CT molecular complexity index is 635. The number of aliphatic hydroxyl groups is 1. The van der Waals surface area contributed by atoms with Crippen LogP contribution < -0.4 is 9.47 Å². The van der Waals surface area contributed by atoms with E-state index in [9.17, 15) is 13.5 Å². The first-order valence-corrected chi connectivity index (χ1v) is 9.76. The summed E-state index contributed by atoms with van der Waals surface area (Å²) in [6.07, 6.45) is 3.44. The highest BCUT2D eigenvalue weighted by Gasteiger charge is 2.50. The van der Waals surface area contributed by atoms with Gasteiger partial charge in [0.1, 0.15) is 11.5 Å². The highest BCUT2D eigenvalue weighted by Crippen LogP contribution is 2.42. The van der Waals surface area contributed by atoms with Crippen LogP contribution in [-0.4, -0.2) is 43.3 Å². The number of benzene rings is 1. The van der Waals surface area contributed by atoms with Crippen LogP contribution in [0.25, 0.3) is 0 Å². The minimum atomic E-state index is -3.04. The van der Waals surface area contributed by atoms with Crippen LogP contribution in [0.1, 0.15) is 38.5 Å². The molecule has 0 saturated carbocycles. The van der Waals surface area contributed by atoms with Gasteiger partial charge in [0.15, 0.2) is 9.84 Å². The molecule has 5 nitrogen and oxygen atoms in total. The summed E-state index contributed by atoms with van der Waals surface area (Å²) in [6.45, 7) is 0.364. The van der Waals surface area contributed by atoms with Crippen molar-refractivity contribution in [1.82, 2.24) is 0 Å². The molecule has 0 aromatic heterocycles. The lowest BCUT2D eigenvalue weighted by molar-refractivity contribution is -0.00846. The molecule has 0 aliphatic carbocycles. The molecular weight excluding hydrogens is 316 g/mol. The highest BCUT2D eigenvalue weighted by molar-refractivity contribution is 7.92. The minimum Gasteiger partial charge on any atom is -0.497 e. The van der Waals surface area contributed by atoms with E-state index in [-0.39, 0.29) is 10.5 Å². The molecule has 1 aromatic carbocycles. The van der Waals surface area contributed by atoms with Gasteiger partial charge in [-0.05, 0) is 37.8 Å². The van der Waals surface area contributed by atoms with E-state index in [1.807, 2.05) is 18.2 Å². The third-order valence-electron chi connectivity index (χ3n) is 5.07. The second kappa shape index (κ2) is 6.32. The van der Waals surface area contributed by atoms with Crippen LogP contribution in [0.2, 0.25) is 0 Å². The van der Waals surface area contributed by atoms with E-state index < -0.39 is 15.4 Å². The molecule has 2 heterocycles. The van der Waals surface area contributed by atoms with Crippen molar-refractivity contribution in [1.29, 1.82) is 0 Å². The molecule has 2 aliphatic rings. The first kappa shape index (κ1) is 16.6. The van der Waals surface area contributed by atoms with Crippen molar-refractivity contribution in [2.45, 2.75) is 54.6 Å². The van der Waals surface area contributed by atoms with E-state index in [1.165, 1.54) is 0 Å². The molecule has 3 rings (SSSR count). The van der Waals surface area contributed by atoms with Gasteiger partial charge in [-0.3, -0.25) is 0 Å². The Morgan fingerprint density at radius 2 is 1.87 bits per heavy atom. The molecule has 1 N–H and O–H groups in total. The molecule has 0 spiro atoms. The van der Waals surface area contributed by atoms with Crippen molar-refractivity contribution in [3.63, 3.8) is 0 Å². The van der Waals surface area contributed by atoms with E-state index in [2.05, 4.69) is 0 Å². The van der Waals surface area contributed by atoms with Crippen LogP contribution in [0.5, 0.6) is 11.5 Å². The lowest BCUT2D eigenvalue weighted by Crippen LogP contribution is -2.52. The smallest absolute Gasteiger partial charge is 0.156 e. The van der Waals surface area contributed by atoms with Gasteiger partial charge >= 0.3 is 0 Å². The number of hydrogen-bond donors (Lipinski definition) is 1. The number of sulfone groups is 1. The quantitative estimate of drug-likeness (QED) is 0.890. The topological polar surface area (TPSA) is 72.8 Å². The maximum atomic E-state index is 12.3. The number of hydrogen-bond acceptors (Lipinski definition) is 5. The monoisotopic (exact) mass is 340 g/mol. The van der Waals surface area contributed by atoms with Crippen molar-refractivity contribution < 1.29 is 23.0 Å². The Morgan fingerprint density at radius 1 is 1.22 bits per heavy atom. The third-order valence-corrected chi connectivity index (χ3v) is 7.74. The zero-order valence-electron chi connectivity index (χ0n) is 13.4. The normalized spacial score (nSPS) is 32.3. The standard InChI is InChI=1S/C17H24O5S/c1-21-13-4-2-5-14(10-13)22-9-8-17(18)11-15-6-3-7-16(12-17)23(15,19)20/h2,4-5,10,15-16,18H,3,6-9,11-12H2,1H3. The van der Waals surface area contributed by atoms with Gasteiger partial charge in [-0.1, -0.05) is 12.5 Å². The SMILES string of the molecule is COc1cccc(OCCC2(O)CC3CCCC(C2)S3(=O)=O)c1. The Morgan fingerprint density at radius 3 is 2.52 bits per heavy atom. The number of fused-ring (bicyclic) bond motifs is 2. The zero-order chi connectivity index (χ0) is 16.5. The van der Waals surface area contributed by atoms with Gasteiger partial charge < -0.3 is 14.6 Å². The van der Waals surface area contributed by atoms with Crippen molar-refractivity contribution in [2.24, 2.45) is 0 Å². The molecule has 2 atom stereocenters. The molecule has 128 valence electrons. The fraction of sp³-hybridized carbons (Fsp3) is 0.647. The molecule has 1 aromatic rings. The summed E-state index contributed by atoms with van der Waals surface area (Å²) in [6, 6.07) is 7.32. The summed E-state index contributed by atoms with van der Waals surface area (Å²) >= 11 is 0. The van der Waals surface area contributed by atoms with E-state index >= 15 is 0 Å². The van der Waals surface area contributed by atoms with Gasteiger partial charge in [0.25, 0.3) is 0 Å². The summed E-state index contributed by atoms with van der Waals surface area (Å²) in [5, 5.41) is 10.1. The predicted octanol–water partition coefficient (Wildman–Crippen LogP) is 2.32. The molecular formula is C17H24O5S. The molecule has 2 unspecified atom stereocenters. The van der Waals surface area contributed by atoms with Crippen molar-refractivity contribution >= 4 is 9.84 Å². The molecule has 0 radical (unpaired) electrons. The van der Waals surface area contributed by atoms with Crippen LogP contribution in [0, 0.1) is 0 Å². The summed E-state index contributed by atoms with van der Waals surface area (Å²) in [7, 11) is -1.44. The van der Waals surface area contributed by atoms with Crippen LogP contribution in [0.15, 0.2) is 24.3 Å². The average Bonchev–Trinajstić information content (AvgIpc) is 2.49. The first-order chi connectivity index (χ1) is 10.9. The van der Waals surface area contributed by atoms with E-state index in [1.54, 1.807) is 13.2 Å². The Hall–Kier alpha value is -1.27. The van der Waals surface area contributed by atoms with Gasteiger partial charge in [-0.15, -0.1) is 0 Å². The molecule has 23 heavy (non-hydrogen) atoms. The van der Waals surface area contributed by atoms with Crippen molar-refractivity contribution in [2.75, 3.05) is 13.7 Å². The molecule has 6 heteroatoms. The second-order valence-electron chi connectivity index (χ2n) is 6.67. The van der Waals surface area contributed by atoms with Crippen molar-refractivity contribution in [3.8, 4) is 11.5 Å². The lowest BCUT2D eigenvalue weighted by Gasteiger charge is -2.43. The molecule has 2 bridgehead atoms. The molecule has 0 amide bonds. The fourth-order valence-electron chi connectivity index (χ4n) is 3.80. The first-order valence-electron chi connectivity index (χ1n) is 8.15. The van der Waals surface area contributed by atoms with E-state index in [0.717, 1.165) is 12.2 Å². The highest BCUT2D eigenvalue weighted by atomic mass is 32.2. The largest absolute Gasteiger partial charge is 0.497 e. The van der Waals surface area contributed by atoms with Gasteiger partial charge in [0.2, 0.25) is 0 Å². The summed E-state index contributed by atoms with van der Waals surface area (Å²) in [5.74, 6) is 1.41. The summed E-state index contributed by atoms with van der Waals surface area (Å²) in [4.78, 5) is 0. The molecule has 2 fully saturated rings. The Labute approximate surface area is 137 Å². The fourth-order valence-corrected chi connectivity index (χ4v) is 6.42. The van der Waals surface area contributed by atoms with Gasteiger partial charge in [-0.2, -0.15) is 0 Å².